The fraction of sp³-hybridized carbons (Fsp3) is 0.571. The Balaban J connectivity index is 2.16. The van der Waals surface area contributed by atoms with Crippen molar-refractivity contribution in [3.05, 3.63) is 23.8 Å². The van der Waals surface area contributed by atoms with Crippen LogP contribution >= 0.6 is 0 Å². The maximum absolute atomic E-state index is 9.33. The third kappa shape index (κ3) is 2.91. The van der Waals surface area contributed by atoms with Crippen LogP contribution in [0.4, 0.5) is 0 Å². The zero-order valence-electron chi connectivity index (χ0n) is 10.3. The smallest absolute Gasteiger partial charge is 0.167 e. The fourth-order valence-electron chi connectivity index (χ4n) is 2.33. The molecule has 0 bridgehead atoms. The lowest BCUT2D eigenvalue weighted by atomic mass is 9.97. The van der Waals surface area contributed by atoms with Gasteiger partial charge in [-0.2, -0.15) is 0 Å². The van der Waals surface area contributed by atoms with E-state index in [0.717, 1.165) is 18.4 Å². The number of aliphatic hydroxyl groups excluding tert-OH is 1. The molecule has 0 aliphatic heterocycles. The Bertz CT molecular complexity index is 334. The molecule has 0 atom stereocenters. The molecule has 0 heterocycles. The molecule has 0 radical (unpaired) electrons. The van der Waals surface area contributed by atoms with Gasteiger partial charge in [-0.25, -0.2) is 0 Å². The Kier molecular flexibility index (Phi) is 4.26. The largest absolute Gasteiger partial charge is 0.493 e. The lowest BCUT2D eigenvalue weighted by Gasteiger charge is -2.25. The quantitative estimate of drug-likeness (QED) is 0.873. The zero-order chi connectivity index (χ0) is 12.1. The average molecular weight is 236 g/mol. The molecular weight excluding hydrogens is 216 g/mol. The second kappa shape index (κ2) is 5.92. The number of benzene rings is 1. The monoisotopic (exact) mass is 236 g/mol. The summed E-state index contributed by atoms with van der Waals surface area (Å²) in [5, 5.41) is 9.33. The van der Waals surface area contributed by atoms with E-state index in [4.69, 9.17) is 9.47 Å². The summed E-state index contributed by atoms with van der Waals surface area (Å²) in [7, 11) is 1.63. The first-order chi connectivity index (χ1) is 8.35. The average Bonchev–Trinajstić information content (AvgIpc) is 2.40. The number of rotatable bonds is 4. The van der Waals surface area contributed by atoms with Crippen LogP contribution in [0.3, 0.4) is 0 Å². The predicted octanol–water partition coefficient (Wildman–Crippen LogP) is 2.90. The first kappa shape index (κ1) is 12.2. The third-order valence-electron chi connectivity index (χ3n) is 3.29. The molecule has 0 unspecified atom stereocenters. The van der Waals surface area contributed by atoms with E-state index in [2.05, 4.69) is 0 Å². The van der Waals surface area contributed by atoms with Crippen molar-refractivity contribution in [3.63, 3.8) is 0 Å². The van der Waals surface area contributed by atoms with Gasteiger partial charge in [0.1, 0.15) is 0 Å². The van der Waals surface area contributed by atoms with E-state index in [1.54, 1.807) is 7.11 Å². The molecule has 0 amide bonds. The lowest BCUT2D eigenvalue weighted by Crippen LogP contribution is -2.20. The Hall–Kier alpha value is -1.22. The summed E-state index contributed by atoms with van der Waals surface area (Å²) in [4.78, 5) is 0. The van der Waals surface area contributed by atoms with Crippen molar-refractivity contribution < 1.29 is 14.6 Å². The normalized spacial score (nSPS) is 16.8. The van der Waals surface area contributed by atoms with Crippen LogP contribution in [0, 0.1) is 0 Å². The summed E-state index contributed by atoms with van der Waals surface area (Å²) >= 11 is 0. The van der Waals surface area contributed by atoms with Gasteiger partial charge in [0.25, 0.3) is 0 Å². The van der Waals surface area contributed by atoms with Crippen molar-refractivity contribution in [2.24, 2.45) is 0 Å². The van der Waals surface area contributed by atoms with Crippen molar-refractivity contribution in [1.29, 1.82) is 0 Å². The minimum atomic E-state index is -0.0146. The highest BCUT2D eigenvalue weighted by molar-refractivity contribution is 5.46. The molecule has 3 nitrogen and oxygen atoms in total. The standard InChI is InChI=1S/C14H20O3/c1-16-13-9-5-6-11(10-15)14(13)17-12-7-3-2-4-8-12/h5-6,9,12,15H,2-4,7-8,10H2,1H3. The van der Waals surface area contributed by atoms with Crippen LogP contribution in [0.5, 0.6) is 11.5 Å². The molecule has 1 aromatic carbocycles. The maximum Gasteiger partial charge on any atom is 0.167 e. The Morgan fingerprint density at radius 2 is 2.00 bits per heavy atom. The number of para-hydroxylation sites is 1. The molecule has 0 saturated heterocycles. The van der Waals surface area contributed by atoms with Crippen molar-refractivity contribution >= 4 is 0 Å². The highest BCUT2D eigenvalue weighted by atomic mass is 16.5. The van der Waals surface area contributed by atoms with Crippen LogP contribution in [0.15, 0.2) is 18.2 Å². The SMILES string of the molecule is COc1cccc(CO)c1OC1CCCCC1. The highest BCUT2D eigenvalue weighted by Crippen LogP contribution is 2.34. The summed E-state index contributed by atoms with van der Waals surface area (Å²) in [5.74, 6) is 1.42. The Morgan fingerprint density at radius 3 is 2.65 bits per heavy atom. The Morgan fingerprint density at radius 1 is 1.24 bits per heavy atom. The number of aliphatic hydroxyl groups is 1. The molecule has 94 valence electrons. The van der Waals surface area contributed by atoms with Crippen LogP contribution in [0.25, 0.3) is 0 Å². The van der Waals surface area contributed by atoms with Gasteiger partial charge in [-0.15, -0.1) is 0 Å². The summed E-state index contributed by atoms with van der Waals surface area (Å²) in [5.41, 5.74) is 0.801. The topological polar surface area (TPSA) is 38.7 Å². The molecule has 1 aliphatic carbocycles. The zero-order valence-corrected chi connectivity index (χ0v) is 10.3. The second-order valence-electron chi connectivity index (χ2n) is 4.48. The van der Waals surface area contributed by atoms with Crippen molar-refractivity contribution in [3.8, 4) is 11.5 Å². The van der Waals surface area contributed by atoms with Crippen molar-refractivity contribution in [2.75, 3.05) is 7.11 Å². The van der Waals surface area contributed by atoms with Gasteiger partial charge in [0.2, 0.25) is 0 Å². The number of methoxy groups -OCH3 is 1. The summed E-state index contributed by atoms with van der Waals surface area (Å²) in [6.07, 6.45) is 6.23. The van der Waals surface area contributed by atoms with Gasteiger partial charge in [-0.1, -0.05) is 18.6 Å². The van der Waals surface area contributed by atoms with E-state index in [1.807, 2.05) is 18.2 Å². The van der Waals surface area contributed by atoms with Gasteiger partial charge in [-0.05, 0) is 31.7 Å². The molecule has 3 heteroatoms. The van der Waals surface area contributed by atoms with Crippen LogP contribution in [-0.2, 0) is 6.61 Å². The predicted molar refractivity (Wildman–Crippen MR) is 66.4 cm³/mol. The number of hydrogen-bond donors (Lipinski definition) is 1. The number of ether oxygens (including phenoxy) is 2. The minimum Gasteiger partial charge on any atom is -0.493 e. The molecule has 2 rings (SSSR count). The molecular formula is C14H20O3. The third-order valence-corrected chi connectivity index (χ3v) is 3.29. The second-order valence-corrected chi connectivity index (χ2v) is 4.48. The minimum absolute atomic E-state index is 0.0146. The van der Waals surface area contributed by atoms with Gasteiger partial charge < -0.3 is 14.6 Å². The van der Waals surface area contributed by atoms with Crippen LogP contribution in [0.2, 0.25) is 0 Å². The van der Waals surface area contributed by atoms with Gasteiger partial charge >= 0.3 is 0 Å². The molecule has 0 aromatic heterocycles. The summed E-state index contributed by atoms with van der Waals surface area (Å²) < 4.78 is 11.3. The van der Waals surface area contributed by atoms with Crippen LogP contribution < -0.4 is 9.47 Å². The highest BCUT2D eigenvalue weighted by Gasteiger charge is 2.18. The molecule has 1 fully saturated rings. The first-order valence-electron chi connectivity index (χ1n) is 6.28. The van der Waals surface area contributed by atoms with E-state index in [1.165, 1.54) is 19.3 Å². The molecule has 1 saturated carbocycles. The van der Waals surface area contributed by atoms with E-state index in [9.17, 15) is 5.11 Å². The molecule has 0 spiro atoms. The van der Waals surface area contributed by atoms with E-state index in [0.29, 0.717) is 11.5 Å². The molecule has 17 heavy (non-hydrogen) atoms. The van der Waals surface area contributed by atoms with Gasteiger partial charge in [-0.3, -0.25) is 0 Å². The maximum atomic E-state index is 9.33. The van der Waals surface area contributed by atoms with Crippen LogP contribution in [0.1, 0.15) is 37.7 Å². The molecule has 1 N–H and O–H groups in total. The van der Waals surface area contributed by atoms with E-state index >= 15 is 0 Å². The van der Waals surface area contributed by atoms with Gasteiger partial charge in [0, 0.05) is 5.56 Å². The van der Waals surface area contributed by atoms with Crippen molar-refractivity contribution in [1.82, 2.24) is 0 Å². The van der Waals surface area contributed by atoms with E-state index in [-0.39, 0.29) is 12.7 Å². The van der Waals surface area contributed by atoms with Gasteiger partial charge in [0.15, 0.2) is 11.5 Å². The fourth-order valence-corrected chi connectivity index (χ4v) is 2.33. The van der Waals surface area contributed by atoms with Crippen LogP contribution in [-0.4, -0.2) is 18.3 Å². The summed E-state index contributed by atoms with van der Waals surface area (Å²) in [6, 6.07) is 5.62. The van der Waals surface area contributed by atoms with Crippen molar-refractivity contribution in [2.45, 2.75) is 44.8 Å². The first-order valence-corrected chi connectivity index (χ1v) is 6.28. The van der Waals surface area contributed by atoms with Gasteiger partial charge in [0.05, 0.1) is 19.8 Å². The lowest BCUT2D eigenvalue weighted by molar-refractivity contribution is 0.144. The Labute approximate surface area is 102 Å². The summed E-state index contributed by atoms with van der Waals surface area (Å²) in [6.45, 7) is -0.0146. The number of hydrogen-bond acceptors (Lipinski definition) is 3. The molecule has 1 aromatic rings. The molecule has 1 aliphatic rings. The van der Waals surface area contributed by atoms with E-state index < -0.39 is 0 Å².